The third kappa shape index (κ3) is 6.18. The Morgan fingerprint density at radius 2 is 1.63 bits per heavy atom. The molecule has 0 spiro atoms. The van der Waals surface area contributed by atoms with E-state index in [0.29, 0.717) is 17.2 Å². The molecule has 0 fully saturated rings. The fraction of sp³-hybridized carbons (Fsp3) is 0.261. The van der Waals surface area contributed by atoms with Gasteiger partial charge in [0, 0.05) is 17.6 Å². The van der Waals surface area contributed by atoms with E-state index in [1.165, 1.54) is 44.2 Å². The first-order valence-corrected chi connectivity index (χ1v) is 14.9. The summed E-state index contributed by atoms with van der Waals surface area (Å²) in [7, 11) is -6.33. The lowest BCUT2D eigenvalue weighted by Gasteiger charge is -2.19. The first kappa shape index (κ1) is 27.0. The number of anilines is 4. The fourth-order valence-electron chi connectivity index (χ4n) is 3.15. The van der Waals surface area contributed by atoms with Crippen LogP contribution in [0.3, 0.4) is 0 Å². The maximum atomic E-state index is 13.7. The summed E-state index contributed by atoms with van der Waals surface area (Å²) in [6, 6.07) is 11.6. The molecule has 6 nitrogen and oxygen atoms in total. The van der Waals surface area contributed by atoms with Crippen LogP contribution in [0.1, 0.15) is 19.4 Å². The predicted molar refractivity (Wildman–Crippen MR) is 135 cm³/mol. The van der Waals surface area contributed by atoms with E-state index in [9.17, 15) is 26.2 Å². The maximum absolute atomic E-state index is 13.7. The van der Waals surface area contributed by atoms with Gasteiger partial charge in [0.2, 0.25) is 0 Å². The van der Waals surface area contributed by atoms with Gasteiger partial charge in [0.15, 0.2) is 9.84 Å². The van der Waals surface area contributed by atoms with Crippen LogP contribution in [0.25, 0.3) is 0 Å². The standard InChI is InChI=1S/C23H24ClF3N3O3PS/c1-14(2)35(32,33)21-8-6-5-7-19(21)29-20-12-22(28-13-16(20)23(25,26)27)30-18-10-9-15(11-17(18)24)34(3,4)31/h5-14H,1-4H3,(H2,28,29,30). The Bertz CT molecular complexity index is 1410. The molecule has 0 aliphatic carbocycles. The summed E-state index contributed by atoms with van der Waals surface area (Å²) < 4.78 is 79.0. The molecule has 35 heavy (non-hydrogen) atoms. The minimum atomic E-state index is -4.75. The molecule has 12 heteroatoms. The van der Waals surface area contributed by atoms with Gasteiger partial charge in [-0.25, -0.2) is 13.4 Å². The van der Waals surface area contributed by atoms with Gasteiger partial charge in [0.05, 0.1) is 37.8 Å². The Hall–Kier alpha value is -2.55. The third-order valence-electron chi connectivity index (χ3n) is 5.13. The normalized spacial score (nSPS) is 12.6. The van der Waals surface area contributed by atoms with Crippen molar-refractivity contribution in [3.8, 4) is 0 Å². The third-order valence-corrected chi connectivity index (χ3v) is 9.17. The minimum absolute atomic E-state index is 0.00730. The second-order valence-corrected chi connectivity index (χ2v) is 14.6. The number of nitrogens with zero attached hydrogens (tertiary/aromatic N) is 1. The molecule has 0 saturated heterocycles. The van der Waals surface area contributed by atoms with E-state index < -0.39 is 34.0 Å². The summed E-state index contributed by atoms with van der Waals surface area (Å²) in [6.45, 7) is 6.18. The Balaban J connectivity index is 2.05. The molecule has 0 aliphatic heterocycles. The Morgan fingerprint density at radius 1 is 0.971 bits per heavy atom. The zero-order valence-corrected chi connectivity index (χ0v) is 21.8. The summed E-state index contributed by atoms with van der Waals surface area (Å²) in [6.07, 6.45) is -4.10. The molecule has 0 atom stereocenters. The molecule has 0 radical (unpaired) electrons. The fourth-order valence-corrected chi connectivity index (χ4v) is 5.53. The number of sulfone groups is 1. The van der Waals surface area contributed by atoms with E-state index in [2.05, 4.69) is 15.6 Å². The number of para-hydroxylation sites is 1. The average Bonchev–Trinajstić information content (AvgIpc) is 2.74. The van der Waals surface area contributed by atoms with Crippen LogP contribution in [-0.2, 0) is 20.6 Å². The highest BCUT2D eigenvalue weighted by atomic mass is 35.5. The Labute approximate surface area is 207 Å². The highest BCUT2D eigenvalue weighted by Crippen LogP contribution is 2.40. The van der Waals surface area contributed by atoms with E-state index in [1.54, 1.807) is 25.5 Å². The zero-order valence-electron chi connectivity index (χ0n) is 19.3. The number of hydrogen-bond donors (Lipinski definition) is 2. The van der Waals surface area contributed by atoms with Crippen molar-refractivity contribution in [3.05, 3.63) is 65.3 Å². The number of halogens is 4. The SMILES string of the molecule is CC(C)S(=O)(=O)c1ccccc1Nc1cc(Nc2ccc(P(C)(C)=O)cc2Cl)ncc1C(F)(F)F. The largest absolute Gasteiger partial charge is 0.419 e. The molecule has 1 aromatic heterocycles. The van der Waals surface area contributed by atoms with Crippen LogP contribution in [0.4, 0.5) is 36.1 Å². The van der Waals surface area contributed by atoms with Gasteiger partial charge < -0.3 is 15.2 Å². The van der Waals surface area contributed by atoms with E-state index in [1.807, 2.05) is 0 Å². The predicted octanol–water partition coefficient (Wildman–Crippen LogP) is 6.67. The lowest BCUT2D eigenvalue weighted by atomic mass is 10.2. The van der Waals surface area contributed by atoms with Gasteiger partial charge >= 0.3 is 6.18 Å². The Kier molecular flexibility index (Phi) is 7.60. The molecule has 0 aliphatic rings. The number of hydrogen-bond acceptors (Lipinski definition) is 6. The van der Waals surface area contributed by atoms with Gasteiger partial charge in [-0.05, 0) is 57.5 Å². The van der Waals surface area contributed by atoms with Crippen LogP contribution in [0.2, 0.25) is 5.02 Å². The van der Waals surface area contributed by atoms with Crippen LogP contribution in [0, 0.1) is 0 Å². The van der Waals surface area contributed by atoms with Crippen molar-refractivity contribution in [2.45, 2.75) is 30.2 Å². The second kappa shape index (κ2) is 9.84. The summed E-state index contributed by atoms with van der Waals surface area (Å²) in [5.74, 6) is 0.0375. The average molecular weight is 546 g/mol. The van der Waals surface area contributed by atoms with E-state index in [0.717, 1.165) is 6.07 Å². The molecule has 3 rings (SSSR count). The zero-order chi connectivity index (χ0) is 26.2. The van der Waals surface area contributed by atoms with Gasteiger partial charge in [-0.1, -0.05) is 23.7 Å². The number of benzene rings is 2. The highest BCUT2D eigenvalue weighted by Gasteiger charge is 2.35. The molecule has 0 unspecified atom stereocenters. The Morgan fingerprint density at radius 3 is 2.20 bits per heavy atom. The van der Waals surface area contributed by atoms with E-state index in [4.69, 9.17) is 11.6 Å². The second-order valence-electron chi connectivity index (χ2n) is 8.47. The van der Waals surface area contributed by atoms with Crippen LogP contribution in [0.15, 0.2) is 59.6 Å². The van der Waals surface area contributed by atoms with Crippen LogP contribution < -0.4 is 15.9 Å². The molecule has 188 valence electrons. The van der Waals surface area contributed by atoms with Gasteiger partial charge in [0.25, 0.3) is 0 Å². The van der Waals surface area contributed by atoms with Crippen LogP contribution in [0.5, 0.6) is 0 Å². The molecule has 1 heterocycles. The summed E-state index contributed by atoms with van der Waals surface area (Å²) in [4.78, 5) is 3.74. The molecule has 3 aromatic rings. The van der Waals surface area contributed by atoms with E-state index >= 15 is 0 Å². The smallest absolute Gasteiger partial charge is 0.354 e. The molecule has 2 aromatic carbocycles. The van der Waals surface area contributed by atoms with Gasteiger partial charge in [0.1, 0.15) is 13.0 Å². The summed E-state index contributed by atoms with van der Waals surface area (Å²) in [5.41, 5.74) is -1.10. The quantitative estimate of drug-likeness (QED) is 0.322. The molecule has 0 saturated carbocycles. The van der Waals surface area contributed by atoms with Crippen molar-refractivity contribution >= 4 is 56.8 Å². The summed E-state index contributed by atoms with van der Waals surface area (Å²) in [5, 5.41) is 5.49. The van der Waals surface area contributed by atoms with Gasteiger partial charge in [-0.2, -0.15) is 13.2 Å². The number of pyridine rings is 1. The van der Waals surface area contributed by atoms with Crippen molar-refractivity contribution in [1.82, 2.24) is 4.98 Å². The lowest BCUT2D eigenvalue weighted by molar-refractivity contribution is -0.137. The molecule has 0 bridgehead atoms. The van der Waals surface area contributed by atoms with Crippen molar-refractivity contribution in [3.63, 3.8) is 0 Å². The monoisotopic (exact) mass is 545 g/mol. The number of aromatic nitrogens is 1. The van der Waals surface area contributed by atoms with Crippen molar-refractivity contribution < 1.29 is 26.2 Å². The summed E-state index contributed by atoms with van der Waals surface area (Å²) >= 11 is 6.29. The van der Waals surface area contributed by atoms with Crippen LogP contribution in [-0.4, -0.2) is 32.0 Å². The first-order chi connectivity index (χ1) is 16.1. The topological polar surface area (TPSA) is 88.2 Å². The van der Waals surface area contributed by atoms with Crippen molar-refractivity contribution in [1.29, 1.82) is 0 Å². The maximum Gasteiger partial charge on any atom is 0.419 e. The molecular formula is C23H24ClF3N3O3PS. The molecular weight excluding hydrogens is 522 g/mol. The van der Waals surface area contributed by atoms with E-state index in [-0.39, 0.29) is 27.1 Å². The first-order valence-electron chi connectivity index (χ1n) is 10.4. The van der Waals surface area contributed by atoms with Crippen LogP contribution >= 0.6 is 18.7 Å². The minimum Gasteiger partial charge on any atom is -0.354 e. The number of rotatable bonds is 7. The van der Waals surface area contributed by atoms with Crippen molar-refractivity contribution in [2.24, 2.45) is 0 Å². The highest BCUT2D eigenvalue weighted by molar-refractivity contribution is 7.92. The van der Waals surface area contributed by atoms with Gasteiger partial charge in [-0.3, -0.25) is 0 Å². The van der Waals surface area contributed by atoms with Gasteiger partial charge in [-0.15, -0.1) is 0 Å². The number of alkyl halides is 3. The molecule has 0 amide bonds. The number of nitrogens with one attached hydrogen (secondary N) is 2. The lowest BCUT2D eigenvalue weighted by Crippen LogP contribution is -2.16. The molecule has 2 N–H and O–H groups in total. The van der Waals surface area contributed by atoms with Crippen molar-refractivity contribution in [2.75, 3.05) is 24.0 Å².